The summed E-state index contributed by atoms with van der Waals surface area (Å²) in [5.74, 6) is 0.396. The van der Waals surface area contributed by atoms with Gasteiger partial charge in [-0.15, -0.1) is 0 Å². The minimum atomic E-state index is -0.294. The molecule has 0 aliphatic carbocycles. The average Bonchev–Trinajstić information content (AvgIpc) is 2.93. The van der Waals surface area contributed by atoms with Crippen molar-refractivity contribution >= 4 is 12.0 Å². The third kappa shape index (κ3) is 5.23. The van der Waals surface area contributed by atoms with Crippen LogP contribution in [0.15, 0.2) is 85.3 Å². The number of benzene rings is 2. The van der Waals surface area contributed by atoms with E-state index in [1.807, 2.05) is 35.4 Å². The number of halogens is 1. The molecule has 3 heterocycles. The van der Waals surface area contributed by atoms with E-state index in [0.717, 1.165) is 46.4 Å². The molecule has 0 bridgehead atoms. The lowest BCUT2D eigenvalue weighted by molar-refractivity contribution is -0.127. The maximum absolute atomic E-state index is 13.2. The van der Waals surface area contributed by atoms with Gasteiger partial charge in [-0.2, -0.15) is 0 Å². The molecular formula is C30H27FN4O. The molecule has 180 valence electrons. The van der Waals surface area contributed by atoms with Crippen LogP contribution in [0.5, 0.6) is 0 Å². The van der Waals surface area contributed by atoms with Crippen LogP contribution in [-0.4, -0.2) is 38.8 Å². The number of carbonyl (C=O) groups excluding carboxylic acids is 1. The van der Waals surface area contributed by atoms with Gasteiger partial charge in [0.05, 0.1) is 5.69 Å². The van der Waals surface area contributed by atoms with Crippen LogP contribution in [0.2, 0.25) is 0 Å². The molecule has 5 nitrogen and oxygen atoms in total. The highest BCUT2D eigenvalue weighted by Crippen LogP contribution is 2.35. The number of amides is 1. The molecule has 6 heteroatoms. The molecule has 2 aromatic carbocycles. The zero-order chi connectivity index (χ0) is 24.9. The largest absolute Gasteiger partial charge is 0.338 e. The van der Waals surface area contributed by atoms with Gasteiger partial charge in [0.15, 0.2) is 5.82 Å². The normalized spacial score (nSPS) is 15.8. The van der Waals surface area contributed by atoms with Crippen molar-refractivity contribution in [2.75, 3.05) is 13.1 Å². The lowest BCUT2D eigenvalue weighted by Crippen LogP contribution is -2.38. The molecule has 0 saturated carbocycles. The number of piperidine rings is 1. The monoisotopic (exact) mass is 478 g/mol. The van der Waals surface area contributed by atoms with Gasteiger partial charge >= 0.3 is 0 Å². The molecule has 1 atom stereocenters. The van der Waals surface area contributed by atoms with Crippen molar-refractivity contribution in [1.82, 2.24) is 19.9 Å². The highest BCUT2D eigenvalue weighted by Gasteiger charge is 2.28. The maximum Gasteiger partial charge on any atom is 0.246 e. The zero-order valence-electron chi connectivity index (χ0n) is 20.1. The predicted octanol–water partition coefficient (Wildman–Crippen LogP) is 6.07. The Balaban J connectivity index is 1.46. The number of hydrogen-bond donors (Lipinski definition) is 0. The van der Waals surface area contributed by atoms with Crippen LogP contribution in [0.1, 0.15) is 35.6 Å². The van der Waals surface area contributed by atoms with Crippen molar-refractivity contribution in [3.05, 3.63) is 108 Å². The highest BCUT2D eigenvalue weighted by molar-refractivity contribution is 5.92. The average molecular weight is 479 g/mol. The molecule has 1 aliphatic heterocycles. The third-order valence-electron chi connectivity index (χ3n) is 6.60. The summed E-state index contributed by atoms with van der Waals surface area (Å²) in [5, 5.41) is 0. The van der Waals surface area contributed by atoms with Crippen LogP contribution in [0.25, 0.3) is 28.6 Å². The lowest BCUT2D eigenvalue weighted by atomic mass is 9.88. The Kier molecular flexibility index (Phi) is 6.94. The molecular weight excluding hydrogens is 451 g/mol. The number of aryl methyl sites for hydroxylation is 1. The maximum atomic E-state index is 13.2. The van der Waals surface area contributed by atoms with E-state index in [4.69, 9.17) is 4.98 Å². The minimum absolute atomic E-state index is 0.0510. The summed E-state index contributed by atoms with van der Waals surface area (Å²) in [7, 11) is 0. The molecule has 1 fully saturated rings. The molecule has 0 spiro atoms. The first-order chi connectivity index (χ1) is 17.6. The summed E-state index contributed by atoms with van der Waals surface area (Å²) in [6.45, 7) is 3.37. The predicted molar refractivity (Wildman–Crippen MR) is 139 cm³/mol. The van der Waals surface area contributed by atoms with E-state index in [1.54, 1.807) is 36.7 Å². The van der Waals surface area contributed by atoms with E-state index in [0.29, 0.717) is 18.9 Å². The van der Waals surface area contributed by atoms with Gasteiger partial charge < -0.3 is 4.90 Å². The van der Waals surface area contributed by atoms with Crippen molar-refractivity contribution in [2.45, 2.75) is 25.7 Å². The van der Waals surface area contributed by atoms with Crippen LogP contribution in [0, 0.1) is 12.7 Å². The Labute approximate surface area is 210 Å². The van der Waals surface area contributed by atoms with E-state index in [-0.39, 0.29) is 17.6 Å². The highest BCUT2D eigenvalue weighted by atomic mass is 19.1. The Morgan fingerprint density at radius 1 is 1.03 bits per heavy atom. The SMILES string of the molecule is Cc1ccccc1-c1cnc(-c2ccncc2)nc1C1CCCN(C(=O)C=Cc2ccc(F)cc2)C1. The molecule has 1 saturated heterocycles. The molecule has 1 unspecified atom stereocenters. The third-order valence-corrected chi connectivity index (χ3v) is 6.60. The summed E-state index contributed by atoms with van der Waals surface area (Å²) in [5.41, 5.74) is 5.93. The summed E-state index contributed by atoms with van der Waals surface area (Å²) in [6.07, 6.45) is 10.5. The van der Waals surface area contributed by atoms with Crippen molar-refractivity contribution in [3.8, 4) is 22.5 Å². The van der Waals surface area contributed by atoms with Crippen LogP contribution in [0.3, 0.4) is 0 Å². The Bertz CT molecular complexity index is 1390. The van der Waals surface area contributed by atoms with Crippen molar-refractivity contribution in [3.63, 3.8) is 0 Å². The van der Waals surface area contributed by atoms with Gasteiger partial charge in [0, 0.05) is 54.8 Å². The number of carbonyl (C=O) groups is 1. The topological polar surface area (TPSA) is 59.0 Å². The lowest BCUT2D eigenvalue weighted by Gasteiger charge is -2.33. The van der Waals surface area contributed by atoms with E-state index in [9.17, 15) is 9.18 Å². The van der Waals surface area contributed by atoms with Crippen LogP contribution in [-0.2, 0) is 4.79 Å². The van der Waals surface area contributed by atoms with E-state index >= 15 is 0 Å². The van der Waals surface area contributed by atoms with Crippen LogP contribution in [0.4, 0.5) is 4.39 Å². The molecule has 5 rings (SSSR count). The fourth-order valence-corrected chi connectivity index (χ4v) is 4.68. The first-order valence-electron chi connectivity index (χ1n) is 12.1. The fourth-order valence-electron chi connectivity index (χ4n) is 4.68. The van der Waals surface area contributed by atoms with Gasteiger partial charge in [0.1, 0.15) is 5.82 Å². The number of nitrogens with zero attached hydrogens (tertiary/aromatic N) is 4. The second kappa shape index (κ2) is 10.6. The Hall–Kier alpha value is -4.19. The fraction of sp³-hybridized carbons (Fsp3) is 0.200. The van der Waals surface area contributed by atoms with E-state index in [2.05, 4.69) is 29.0 Å². The number of likely N-dealkylation sites (tertiary alicyclic amines) is 1. The van der Waals surface area contributed by atoms with Crippen molar-refractivity contribution in [2.24, 2.45) is 0 Å². The molecule has 2 aromatic heterocycles. The second-order valence-corrected chi connectivity index (χ2v) is 9.05. The molecule has 36 heavy (non-hydrogen) atoms. The van der Waals surface area contributed by atoms with Crippen LogP contribution < -0.4 is 0 Å². The number of pyridine rings is 1. The summed E-state index contributed by atoms with van der Waals surface area (Å²) < 4.78 is 13.2. The summed E-state index contributed by atoms with van der Waals surface area (Å²) in [6, 6.07) is 18.2. The number of rotatable bonds is 5. The minimum Gasteiger partial charge on any atom is -0.338 e. The quantitative estimate of drug-likeness (QED) is 0.327. The number of aromatic nitrogens is 3. The summed E-state index contributed by atoms with van der Waals surface area (Å²) in [4.78, 5) is 28.8. The first kappa shape index (κ1) is 23.5. The number of hydrogen-bond acceptors (Lipinski definition) is 4. The standard InChI is InChI=1S/C30H27FN4O/c1-21-5-2-3-7-26(21)27-19-33-30(23-14-16-32-17-15-23)34-29(27)24-6-4-18-35(20-24)28(36)13-10-22-8-11-25(31)12-9-22/h2-3,5,7-17,19,24H,4,6,18,20H2,1H3. The molecule has 0 radical (unpaired) electrons. The second-order valence-electron chi connectivity index (χ2n) is 9.05. The zero-order valence-corrected chi connectivity index (χ0v) is 20.1. The van der Waals surface area contributed by atoms with Crippen molar-refractivity contribution < 1.29 is 9.18 Å². The molecule has 1 amide bonds. The van der Waals surface area contributed by atoms with E-state index < -0.39 is 0 Å². The molecule has 4 aromatic rings. The van der Waals surface area contributed by atoms with Crippen LogP contribution >= 0.6 is 0 Å². The Morgan fingerprint density at radius 3 is 2.58 bits per heavy atom. The van der Waals surface area contributed by atoms with Gasteiger partial charge in [-0.05, 0) is 66.8 Å². The molecule has 0 N–H and O–H groups in total. The summed E-state index contributed by atoms with van der Waals surface area (Å²) >= 11 is 0. The van der Waals surface area contributed by atoms with Crippen molar-refractivity contribution in [1.29, 1.82) is 0 Å². The van der Waals surface area contributed by atoms with Gasteiger partial charge in [-0.25, -0.2) is 14.4 Å². The van der Waals surface area contributed by atoms with Gasteiger partial charge in [0.25, 0.3) is 0 Å². The van der Waals surface area contributed by atoms with Gasteiger partial charge in [-0.3, -0.25) is 9.78 Å². The van der Waals surface area contributed by atoms with Gasteiger partial charge in [-0.1, -0.05) is 36.4 Å². The van der Waals surface area contributed by atoms with E-state index in [1.165, 1.54) is 12.1 Å². The smallest absolute Gasteiger partial charge is 0.246 e. The van der Waals surface area contributed by atoms with Gasteiger partial charge in [0.2, 0.25) is 5.91 Å². The molecule has 1 aliphatic rings. The first-order valence-corrected chi connectivity index (χ1v) is 12.1. The Morgan fingerprint density at radius 2 is 1.81 bits per heavy atom.